The van der Waals surface area contributed by atoms with Crippen molar-refractivity contribution in [2.75, 3.05) is 23.3 Å². The lowest BCUT2D eigenvalue weighted by atomic mass is 9.99. The Hall–Kier alpha value is -4.87. The number of carbonyl (C=O) groups is 2. The highest BCUT2D eigenvalue weighted by molar-refractivity contribution is 7.15. The van der Waals surface area contributed by atoms with Crippen LogP contribution in [0.15, 0.2) is 65.8 Å². The summed E-state index contributed by atoms with van der Waals surface area (Å²) in [6, 6.07) is 17.2. The first-order valence-corrected chi connectivity index (χ1v) is 16.7. The van der Waals surface area contributed by atoms with Crippen molar-refractivity contribution in [3.8, 4) is 16.1 Å². The summed E-state index contributed by atoms with van der Waals surface area (Å²) in [5, 5.41) is 16.7. The van der Waals surface area contributed by atoms with Gasteiger partial charge in [-0.3, -0.25) is 19.1 Å². The van der Waals surface area contributed by atoms with Gasteiger partial charge in [0.25, 0.3) is 0 Å². The second-order valence-corrected chi connectivity index (χ2v) is 13.9. The Labute approximate surface area is 280 Å². The second kappa shape index (κ2) is 11.4. The van der Waals surface area contributed by atoms with Crippen molar-refractivity contribution >= 4 is 52.0 Å². The molecule has 0 saturated carbocycles. The molecule has 2 aromatic carbocycles. The van der Waals surface area contributed by atoms with Crippen LogP contribution in [-0.4, -0.2) is 56.4 Å². The summed E-state index contributed by atoms with van der Waals surface area (Å²) < 4.78 is 2.06. The van der Waals surface area contributed by atoms with Crippen LogP contribution in [0.25, 0.3) is 16.1 Å². The molecule has 2 N–H and O–H groups in total. The van der Waals surface area contributed by atoms with Crippen molar-refractivity contribution in [2.45, 2.75) is 45.7 Å². The van der Waals surface area contributed by atoms with E-state index >= 15 is 0 Å². The molecule has 1 saturated heterocycles. The monoisotopic (exact) mass is 662 g/mol. The molecular weight excluding hydrogens is 632 g/mol. The van der Waals surface area contributed by atoms with E-state index in [1.165, 1.54) is 4.88 Å². The molecule has 0 aliphatic carbocycles. The van der Waals surface area contributed by atoms with Crippen molar-refractivity contribution < 1.29 is 9.59 Å². The van der Waals surface area contributed by atoms with Crippen LogP contribution < -0.4 is 15.5 Å². The van der Waals surface area contributed by atoms with Crippen molar-refractivity contribution in [1.82, 2.24) is 25.1 Å². The van der Waals surface area contributed by atoms with Gasteiger partial charge in [-0.1, -0.05) is 29.8 Å². The molecule has 3 aliphatic heterocycles. The zero-order chi connectivity index (χ0) is 32.4. The Morgan fingerprint density at radius 2 is 1.79 bits per heavy atom. The fraction of sp³-hybridized carbons (Fsp3) is 0.257. The van der Waals surface area contributed by atoms with Gasteiger partial charge in [-0.05, 0) is 73.9 Å². The van der Waals surface area contributed by atoms with Gasteiger partial charge in [0.1, 0.15) is 22.7 Å². The van der Waals surface area contributed by atoms with E-state index in [9.17, 15) is 9.59 Å². The number of carbonyl (C=O) groups excluding carboxylic acids is 2. The Morgan fingerprint density at radius 1 is 1.02 bits per heavy atom. The number of hydrogen-bond donors (Lipinski definition) is 2. The maximum absolute atomic E-state index is 13.5. The minimum absolute atomic E-state index is 0.00216. The number of aromatic nitrogens is 4. The van der Waals surface area contributed by atoms with Crippen LogP contribution >= 0.6 is 22.9 Å². The average Bonchev–Trinajstić information content (AvgIpc) is 3.67. The van der Waals surface area contributed by atoms with Crippen molar-refractivity contribution in [2.24, 2.45) is 4.99 Å². The lowest BCUT2D eigenvalue weighted by Crippen LogP contribution is -2.59. The summed E-state index contributed by atoms with van der Waals surface area (Å²) in [7, 11) is 0. The molecule has 12 heteroatoms. The van der Waals surface area contributed by atoms with Gasteiger partial charge in [-0.15, -0.1) is 21.5 Å². The predicted molar refractivity (Wildman–Crippen MR) is 184 cm³/mol. The number of fused-ring (bicyclic) bond motifs is 4. The maximum atomic E-state index is 13.5. The van der Waals surface area contributed by atoms with Crippen molar-refractivity contribution in [3.05, 3.63) is 105 Å². The number of pyridine rings is 1. The van der Waals surface area contributed by atoms with E-state index in [2.05, 4.69) is 49.1 Å². The van der Waals surface area contributed by atoms with Crippen LogP contribution in [0, 0.1) is 20.8 Å². The van der Waals surface area contributed by atoms with Crippen LogP contribution in [0.2, 0.25) is 5.02 Å². The molecule has 1 fully saturated rings. The summed E-state index contributed by atoms with van der Waals surface area (Å²) in [5.74, 6) is 2.22. The number of benzene rings is 2. The number of nitrogens with one attached hydrogen (secondary N) is 2. The van der Waals surface area contributed by atoms with E-state index in [-0.39, 0.29) is 24.3 Å². The van der Waals surface area contributed by atoms with Gasteiger partial charge in [-0.2, -0.15) is 0 Å². The second-order valence-electron chi connectivity index (χ2n) is 12.3. The summed E-state index contributed by atoms with van der Waals surface area (Å²) >= 11 is 7.92. The molecule has 236 valence electrons. The van der Waals surface area contributed by atoms with Gasteiger partial charge < -0.3 is 15.5 Å². The summed E-state index contributed by atoms with van der Waals surface area (Å²) in [5.41, 5.74) is 7.86. The summed E-state index contributed by atoms with van der Waals surface area (Å²) in [6.45, 7) is 7.49. The van der Waals surface area contributed by atoms with Crippen LogP contribution in [0.4, 0.5) is 11.5 Å². The smallest absolute Gasteiger partial charge is 0.228 e. The molecule has 2 amide bonds. The van der Waals surface area contributed by atoms with Gasteiger partial charge >= 0.3 is 0 Å². The third-order valence-corrected chi connectivity index (χ3v) is 10.6. The van der Waals surface area contributed by atoms with E-state index in [0.717, 1.165) is 61.4 Å². The summed E-state index contributed by atoms with van der Waals surface area (Å²) in [6.07, 6.45) is 2.41. The largest absolute Gasteiger partial charge is 0.352 e. The van der Waals surface area contributed by atoms with Crippen molar-refractivity contribution in [3.63, 3.8) is 0 Å². The zero-order valence-corrected chi connectivity index (χ0v) is 27.6. The standard InChI is InChI=1S/C35H31ClN8O2S/c1-18-19(2)47-35-32(18)33(21-4-8-25(36)9-5-21)40-28(34-42-41-20(3)44(34)35)14-31(46)38-26-16-43(17-26)29-11-7-23(15-37-29)22-6-10-27-24(12-22)13-30(45)39-27/h4-12,15,26,28H,13-14,16-17H2,1-3H3,(H,38,46)(H,39,45)/t28-/m0/s1. The third kappa shape index (κ3) is 5.29. The number of nitrogens with zero attached hydrogens (tertiary/aromatic N) is 6. The van der Waals surface area contributed by atoms with E-state index in [0.29, 0.717) is 30.4 Å². The van der Waals surface area contributed by atoms with Crippen LogP contribution in [-0.2, 0) is 16.0 Å². The molecule has 6 heterocycles. The topological polar surface area (TPSA) is 117 Å². The van der Waals surface area contributed by atoms with Crippen LogP contribution in [0.3, 0.4) is 0 Å². The lowest BCUT2D eigenvalue weighted by Gasteiger charge is -2.40. The molecule has 3 aromatic heterocycles. The number of aryl methyl sites for hydroxylation is 2. The first-order valence-electron chi connectivity index (χ1n) is 15.5. The lowest BCUT2D eigenvalue weighted by molar-refractivity contribution is -0.122. The number of anilines is 2. The number of hydrogen-bond acceptors (Lipinski definition) is 8. The quantitative estimate of drug-likeness (QED) is 0.239. The first kappa shape index (κ1) is 29.5. The number of halogens is 1. The number of amides is 2. The normalized spacial score (nSPS) is 16.9. The van der Waals surface area contributed by atoms with Crippen LogP contribution in [0.5, 0.6) is 0 Å². The molecule has 0 radical (unpaired) electrons. The summed E-state index contributed by atoms with van der Waals surface area (Å²) in [4.78, 5) is 38.5. The first-order chi connectivity index (χ1) is 22.7. The molecule has 0 bridgehead atoms. The predicted octanol–water partition coefficient (Wildman–Crippen LogP) is 5.75. The number of thiophene rings is 1. The third-order valence-electron chi connectivity index (χ3n) is 9.12. The van der Waals surface area contributed by atoms with Gasteiger partial charge in [0, 0.05) is 51.6 Å². The Balaban J connectivity index is 0.973. The van der Waals surface area contributed by atoms with E-state index in [4.69, 9.17) is 16.6 Å². The van der Waals surface area contributed by atoms with Gasteiger partial charge in [0.2, 0.25) is 11.8 Å². The highest BCUT2D eigenvalue weighted by Gasteiger charge is 2.34. The number of rotatable bonds is 6. The van der Waals surface area contributed by atoms with E-state index in [1.54, 1.807) is 11.3 Å². The molecule has 10 nitrogen and oxygen atoms in total. The molecule has 1 atom stereocenters. The SMILES string of the molecule is Cc1sc2c(c1C)C(c1ccc(Cl)cc1)=N[C@@H](CC(=O)NC1CN(c3ccc(-c4ccc5c(c4)CC(=O)N5)cn3)C1)c1nnc(C)n1-2. The van der Waals surface area contributed by atoms with E-state index in [1.807, 2.05) is 67.7 Å². The fourth-order valence-electron chi connectivity index (χ4n) is 6.50. The zero-order valence-electron chi connectivity index (χ0n) is 26.0. The Kier molecular flexibility index (Phi) is 7.18. The molecule has 0 unspecified atom stereocenters. The molecule has 3 aliphatic rings. The van der Waals surface area contributed by atoms with Crippen molar-refractivity contribution in [1.29, 1.82) is 0 Å². The van der Waals surface area contributed by atoms with E-state index < -0.39 is 6.04 Å². The maximum Gasteiger partial charge on any atom is 0.228 e. The van der Waals surface area contributed by atoms with Gasteiger partial charge in [0.15, 0.2) is 5.82 Å². The molecule has 5 aromatic rings. The minimum Gasteiger partial charge on any atom is -0.352 e. The highest BCUT2D eigenvalue weighted by Crippen LogP contribution is 2.40. The Bertz CT molecular complexity index is 2090. The minimum atomic E-state index is -0.514. The highest BCUT2D eigenvalue weighted by atomic mass is 35.5. The van der Waals surface area contributed by atoms with Crippen LogP contribution in [0.1, 0.15) is 51.2 Å². The molecule has 8 rings (SSSR count). The van der Waals surface area contributed by atoms with Gasteiger partial charge in [-0.25, -0.2) is 4.98 Å². The average molecular weight is 663 g/mol. The molecular formula is C35H31ClN8O2S. The molecule has 0 spiro atoms. The number of aliphatic imine (C=N–C) groups is 1. The van der Waals surface area contributed by atoms with Gasteiger partial charge in [0.05, 0.1) is 24.6 Å². The molecule has 47 heavy (non-hydrogen) atoms. The fourth-order valence-corrected chi connectivity index (χ4v) is 7.84. The Morgan fingerprint density at radius 3 is 2.55 bits per heavy atom.